The summed E-state index contributed by atoms with van der Waals surface area (Å²) in [5.41, 5.74) is 7.08. The van der Waals surface area contributed by atoms with Gasteiger partial charge in [-0.1, -0.05) is 77.8 Å². The van der Waals surface area contributed by atoms with Crippen LogP contribution in [0.15, 0.2) is 115 Å². The molecule has 0 aliphatic carbocycles. The number of benzene rings is 3. The molecule has 8 heteroatoms. The summed E-state index contributed by atoms with van der Waals surface area (Å²) in [6, 6.07) is 23.8. The van der Waals surface area contributed by atoms with E-state index in [9.17, 15) is 13.0 Å². The summed E-state index contributed by atoms with van der Waals surface area (Å²) in [5, 5.41) is 2.34. The Labute approximate surface area is 250 Å². The monoisotopic (exact) mass is 603 g/mol. The molecule has 1 aliphatic rings. The molecule has 0 radical (unpaired) electrons. The summed E-state index contributed by atoms with van der Waals surface area (Å²) < 4.78 is 34.0. The van der Waals surface area contributed by atoms with Gasteiger partial charge in [0.15, 0.2) is 6.20 Å². The van der Waals surface area contributed by atoms with Gasteiger partial charge in [-0.2, -0.15) is 8.42 Å². The fraction of sp³-hybridized carbons (Fsp3) is 0.121. The number of hydrogen-bond donors (Lipinski definition) is 1. The van der Waals surface area contributed by atoms with Crippen LogP contribution in [0.3, 0.4) is 0 Å². The van der Waals surface area contributed by atoms with Crippen LogP contribution in [0.4, 0.5) is 5.69 Å². The van der Waals surface area contributed by atoms with Crippen molar-refractivity contribution in [2.75, 3.05) is 17.2 Å². The van der Waals surface area contributed by atoms with Crippen LogP contribution in [-0.2, 0) is 23.6 Å². The molecule has 0 bridgehead atoms. The van der Waals surface area contributed by atoms with Crippen molar-refractivity contribution < 1.29 is 17.5 Å². The number of allylic oxidation sites excluding steroid dienone is 6. The van der Waals surface area contributed by atoms with E-state index in [0.29, 0.717) is 10.0 Å². The van der Waals surface area contributed by atoms with Gasteiger partial charge in [0.05, 0.1) is 11.1 Å². The van der Waals surface area contributed by atoms with E-state index in [4.69, 9.17) is 23.2 Å². The van der Waals surface area contributed by atoms with E-state index >= 15 is 0 Å². The number of aryl methyl sites for hydroxylation is 1. The van der Waals surface area contributed by atoms with Gasteiger partial charge in [0.25, 0.3) is 10.1 Å². The van der Waals surface area contributed by atoms with Gasteiger partial charge in [0.1, 0.15) is 7.05 Å². The van der Waals surface area contributed by atoms with Crippen molar-refractivity contribution >= 4 is 61.6 Å². The van der Waals surface area contributed by atoms with Crippen LogP contribution in [0.1, 0.15) is 16.7 Å². The molecule has 1 N–H and O–H groups in total. The zero-order chi connectivity index (χ0) is 29.0. The van der Waals surface area contributed by atoms with Gasteiger partial charge in [-0.25, -0.2) is 4.57 Å². The number of pyridine rings is 1. The van der Waals surface area contributed by atoms with Crippen molar-refractivity contribution in [1.29, 1.82) is 0 Å². The first-order valence-corrected chi connectivity index (χ1v) is 15.4. The normalized spacial score (nSPS) is 14.8. The fourth-order valence-electron chi connectivity index (χ4n) is 4.84. The fourth-order valence-corrected chi connectivity index (χ4v) is 5.61. The number of nitrogens with zero attached hydrogens (tertiary/aromatic N) is 2. The molecule has 4 aromatic rings. The van der Waals surface area contributed by atoms with E-state index in [2.05, 4.69) is 41.0 Å². The molecule has 208 valence electrons. The lowest BCUT2D eigenvalue weighted by atomic mass is 9.97. The summed E-state index contributed by atoms with van der Waals surface area (Å²) in [6.45, 7) is 0.127. The van der Waals surface area contributed by atoms with Crippen molar-refractivity contribution in [3.8, 4) is 0 Å². The van der Waals surface area contributed by atoms with Gasteiger partial charge >= 0.3 is 0 Å². The van der Waals surface area contributed by atoms with Crippen LogP contribution in [-0.4, -0.2) is 25.3 Å². The molecule has 0 spiro atoms. The number of anilines is 1. The lowest BCUT2D eigenvalue weighted by Crippen LogP contribution is -2.28. The highest BCUT2D eigenvalue weighted by molar-refractivity contribution is 7.85. The van der Waals surface area contributed by atoms with Crippen molar-refractivity contribution in [3.63, 3.8) is 0 Å². The molecule has 1 aromatic heterocycles. The third kappa shape index (κ3) is 7.34. The number of hydrogen-bond acceptors (Lipinski definition) is 3. The summed E-state index contributed by atoms with van der Waals surface area (Å²) >= 11 is 12.7. The third-order valence-electron chi connectivity index (χ3n) is 6.94. The molecule has 0 saturated heterocycles. The van der Waals surface area contributed by atoms with E-state index in [1.807, 2.05) is 80.1 Å². The molecular weight excluding hydrogens is 575 g/mol. The average molecular weight is 605 g/mol. The van der Waals surface area contributed by atoms with Crippen molar-refractivity contribution in [2.24, 2.45) is 7.05 Å². The van der Waals surface area contributed by atoms with Crippen molar-refractivity contribution in [3.05, 3.63) is 142 Å². The third-order valence-corrected chi connectivity index (χ3v) is 8.10. The van der Waals surface area contributed by atoms with E-state index in [0.717, 1.165) is 45.3 Å². The zero-order valence-electron chi connectivity index (χ0n) is 22.4. The number of aromatic nitrogens is 1. The lowest BCUT2D eigenvalue weighted by Gasteiger charge is -2.27. The summed E-state index contributed by atoms with van der Waals surface area (Å²) in [4.78, 5) is 1.80. The molecule has 1 aliphatic heterocycles. The van der Waals surface area contributed by atoms with Crippen LogP contribution in [0.2, 0.25) is 10.0 Å². The summed E-state index contributed by atoms with van der Waals surface area (Å²) in [7, 11) is -2.07. The predicted molar refractivity (Wildman–Crippen MR) is 170 cm³/mol. The lowest BCUT2D eigenvalue weighted by molar-refractivity contribution is -0.644. The first-order chi connectivity index (χ1) is 19.7. The van der Waals surface area contributed by atoms with E-state index in [-0.39, 0.29) is 12.3 Å². The summed E-state index contributed by atoms with van der Waals surface area (Å²) in [6.07, 6.45) is 14.9. The second kappa shape index (κ2) is 12.5. The SMILES string of the molecule is C[n+]1ccc(/C=C/C(=C/C=C2\C=CN(CCS(=O)(=O)O)c3ccc(Cl)cc32)Cc2ccccc2)c2cc(Cl)ccc21. The Morgan fingerprint density at radius 3 is 2.54 bits per heavy atom. The van der Waals surface area contributed by atoms with Gasteiger partial charge < -0.3 is 4.90 Å². The molecular formula is C33H29Cl2N2O3S+. The first-order valence-electron chi connectivity index (χ1n) is 13.1. The largest absolute Gasteiger partial charge is 0.346 e. The summed E-state index contributed by atoms with van der Waals surface area (Å²) in [5.74, 6) is -0.373. The Bertz CT molecular complexity index is 1830. The Morgan fingerprint density at radius 2 is 1.76 bits per heavy atom. The Kier molecular flexibility index (Phi) is 8.76. The minimum atomic E-state index is -4.09. The maximum atomic E-state index is 11.4. The molecule has 41 heavy (non-hydrogen) atoms. The molecule has 0 atom stereocenters. The smallest absolute Gasteiger partial charge is 0.266 e. The number of halogens is 2. The minimum Gasteiger partial charge on any atom is -0.346 e. The van der Waals surface area contributed by atoms with Gasteiger partial charge in [-0.05, 0) is 65.1 Å². The van der Waals surface area contributed by atoms with E-state index in [1.54, 1.807) is 11.0 Å². The first kappa shape index (κ1) is 28.8. The molecule has 0 saturated carbocycles. The molecule has 5 rings (SSSR count). The van der Waals surface area contributed by atoms with Crippen molar-refractivity contribution in [1.82, 2.24) is 0 Å². The molecule has 0 fully saturated rings. The average Bonchev–Trinajstić information content (AvgIpc) is 2.94. The van der Waals surface area contributed by atoms with Crippen LogP contribution in [0, 0.1) is 0 Å². The van der Waals surface area contributed by atoms with Gasteiger partial charge in [-0.3, -0.25) is 4.55 Å². The Hall–Kier alpha value is -3.68. The highest BCUT2D eigenvalue weighted by Crippen LogP contribution is 2.35. The van der Waals surface area contributed by atoms with Crippen LogP contribution >= 0.6 is 23.2 Å². The predicted octanol–water partition coefficient (Wildman–Crippen LogP) is 7.46. The minimum absolute atomic E-state index is 0.127. The second-order valence-electron chi connectivity index (χ2n) is 9.86. The van der Waals surface area contributed by atoms with E-state index < -0.39 is 10.1 Å². The zero-order valence-corrected chi connectivity index (χ0v) is 24.7. The van der Waals surface area contributed by atoms with E-state index in [1.165, 1.54) is 5.56 Å². The van der Waals surface area contributed by atoms with Crippen molar-refractivity contribution in [2.45, 2.75) is 6.42 Å². The van der Waals surface area contributed by atoms with Gasteiger partial charge in [-0.15, -0.1) is 0 Å². The maximum Gasteiger partial charge on any atom is 0.266 e. The number of rotatable bonds is 8. The van der Waals surface area contributed by atoms with Gasteiger partial charge in [0.2, 0.25) is 5.52 Å². The maximum absolute atomic E-state index is 11.4. The molecule has 3 aromatic carbocycles. The van der Waals surface area contributed by atoms with Gasteiger partial charge in [0, 0.05) is 46.2 Å². The quantitative estimate of drug-likeness (QED) is 0.129. The van der Waals surface area contributed by atoms with Crippen LogP contribution in [0.5, 0.6) is 0 Å². The Morgan fingerprint density at radius 1 is 1.00 bits per heavy atom. The second-order valence-corrected chi connectivity index (χ2v) is 12.3. The Balaban J connectivity index is 1.53. The molecule has 0 amide bonds. The highest BCUT2D eigenvalue weighted by atomic mass is 35.5. The number of fused-ring (bicyclic) bond motifs is 2. The standard InChI is InChI=1S/C33H28Cl2N2O3S/c1-36-17-15-26(30-22-28(34)11-13-32(30)36)9-7-25(21-24-5-3-2-4-6-24)8-10-27-16-18-37(19-20-41(38,39)40)33-14-12-29(35)23-31(27)33/h2-18,22-23H,19-21H2,1H3/p+1. The van der Waals surface area contributed by atoms with Crippen LogP contribution < -0.4 is 9.47 Å². The molecule has 2 heterocycles. The molecule has 5 nitrogen and oxygen atoms in total. The van der Waals surface area contributed by atoms with Crippen LogP contribution in [0.25, 0.3) is 22.6 Å². The molecule has 0 unspecified atom stereocenters. The highest BCUT2D eigenvalue weighted by Gasteiger charge is 2.18. The topological polar surface area (TPSA) is 61.5 Å².